The predicted octanol–water partition coefficient (Wildman–Crippen LogP) is 4.11. The first kappa shape index (κ1) is 21.3. The second kappa shape index (κ2) is 8.41. The van der Waals surface area contributed by atoms with Crippen LogP contribution in [0.25, 0.3) is 17.2 Å². The highest BCUT2D eigenvalue weighted by Gasteiger charge is 2.27. The summed E-state index contributed by atoms with van der Waals surface area (Å²) >= 11 is 6.36. The molecule has 4 aromatic rings. The second-order valence-corrected chi connectivity index (χ2v) is 8.60. The van der Waals surface area contributed by atoms with Crippen molar-refractivity contribution in [1.29, 1.82) is 0 Å². The lowest BCUT2D eigenvalue weighted by Crippen LogP contribution is -2.39. The summed E-state index contributed by atoms with van der Waals surface area (Å²) < 4.78 is 4.65. The SMILES string of the molecule is Cc1c(Cl)cccc1N1CCCn2c1nc1c2c(=O)n(CC=Cc2ccccc2)c(=O)n1C. The van der Waals surface area contributed by atoms with E-state index in [2.05, 4.69) is 4.90 Å². The van der Waals surface area contributed by atoms with Crippen molar-refractivity contribution in [3.8, 4) is 0 Å². The molecule has 0 saturated heterocycles. The summed E-state index contributed by atoms with van der Waals surface area (Å²) in [5.74, 6) is 0.659. The molecule has 0 spiro atoms. The Hall–Kier alpha value is -3.58. The van der Waals surface area contributed by atoms with Gasteiger partial charge >= 0.3 is 5.69 Å². The summed E-state index contributed by atoms with van der Waals surface area (Å²) in [6.45, 7) is 3.58. The first-order valence-electron chi connectivity index (χ1n) is 10.9. The zero-order valence-electron chi connectivity index (χ0n) is 18.5. The van der Waals surface area contributed by atoms with Crippen molar-refractivity contribution in [2.24, 2.45) is 7.05 Å². The van der Waals surface area contributed by atoms with Gasteiger partial charge in [-0.25, -0.2) is 4.79 Å². The summed E-state index contributed by atoms with van der Waals surface area (Å²) in [4.78, 5) is 33.3. The Bertz CT molecular complexity index is 1500. The van der Waals surface area contributed by atoms with E-state index in [1.54, 1.807) is 7.05 Å². The molecule has 33 heavy (non-hydrogen) atoms. The number of anilines is 2. The number of imidazole rings is 1. The van der Waals surface area contributed by atoms with Crippen LogP contribution in [0.1, 0.15) is 17.5 Å². The highest BCUT2D eigenvalue weighted by Crippen LogP contribution is 2.35. The summed E-state index contributed by atoms with van der Waals surface area (Å²) in [6, 6.07) is 15.6. The van der Waals surface area contributed by atoms with E-state index >= 15 is 0 Å². The minimum absolute atomic E-state index is 0.188. The van der Waals surface area contributed by atoms with E-state index in [0.29, 0.717) is 28.7 Å². The lowest BCUT2D eigenvalue weighted by molar-refractivity contribution is 0.598. The maximum Gasteiger partial charge on any atom is 0.332 e. The average Bonchev–Trinajstić information content (AvgIpc) is 3.22. The molecule has 8 heteroatoms. The summed E-state index contributed by atoms with van der Waals surface area (Å²) in [6.07, 6.45) is 4.59. The van der Waals surface area contributed by atoms with Crippen molar-refractivity contribution < 1.29 is 0 Å². The van der Waals surface area contributed by atoms with Crippen molar-refractivity contribution in [3.05, 3.63) is 91.6 Å². The number of fused-ring (bicyclic) bond motifs is 3. The first-order chi connectivity index (χ1) is 16.0. The van der Waals surface area contributed by atoms with Crippen LogP contribution in [-0.2, 0) is 20.1 Å². The van der Waals surface area contributed by atoms with Crippen LogP contribution in [-0.4, -0.2) is 25.2 Å². The molecule has 0 aliphatic carbocycles. The number of rotatable bonds is 4. The highest BCUT2D eigenvalue weighted by atomic mass is 35.5. The standard InChI is InChI=1S/C25H24ClN5O2/c1-17-19(26)12-6-13-20(17)29-15-8-16-30-21-22(27-24(29)30)28(2)25(33)31(23(21)32)14-7-11-18-9-4-3-5-10-18/h3-7,9-13H,8,14-16H2,1-2H3. The Balaban J connectivity index is 1.63. The normalized spacial score (nSPS) is 13.7. The van der Waals surface area contributed by atoms with Gasteiger partial charge in [0.15, 0.2) is 11.2 Å². The average molecular weight is 462 g/mol. The zero-order valence-corrected chi connectivity index (χ0v) is 19.3. The van der Waals surface area contributed by atoms with Gasteiger partial charge in [-0.1, -0.05) is 60.2 Å². The van der Waals surface area contributed by atoms with Crippen molar-refractivity contribution in [2.45, 2.75) is 26.4 Å². The minimum atomic E-state index is -0.383. The number of hydrogen-bond acceptors (Lipinski definition) is 4. The monoisotopic (exact) mass is 461 g/mol. The van der Waals surface area contributed by atoms with Gasteiger partial charge < -0.3 is 9.47 Å². The quantitative estimate of drug-likeness (QED) is 0.458. The van der Waals surface area contributed by atoms with E-state index in [-0.39, 0.29) is 17.8 Å². The number of hydrogen-bond donors (Lipinski definition) is 0. The van der Waals surface area contributed by atoms with Crippen LogP contribution in [0, 0.1) is 6.92 Å². The Morgan fingerprint density at radius 1 is 1.06 bits per heavy atom. The Labute approximate surface area is 195 Å². The Morgan fingerprint density at radius 2 is 1.85 bits per heavy atom. The van der Waals surface area contributed by atoms with Gasteiger partial charge in [-0.05, 0) is 36.6 Å². The predicted molar refractivity (Wildman–Crippen MR) is 133 cm³/mol. The van der Waals surface area contributed by atoms with Gasteiger partial charge in [-0.3, -0.25) is 13.9 Å². The molecule has 0 amide bonds. The molecule has 0 radical (unpaired) electrons. The van der Waals surface area contributed by atoms with Crippen LogP contribution >= 0.6 is 11.6 Å². The van der Waals surface area contributed by atoms with Gasteiger partial charge in [-0.2, -0.15) is 4.98 Å². The smallest absolute Gasteiger partial charge is 0.312 e. The lowest BCUT2D eigenvalue weighted by Gasteiger charge is -2.30. The molecule has 3 heterocycles. The second-order valence-electron chi connectivity index (χ2n) is 8.20. The van der Waals surface area contributed by atoms with E-state index < -0.39 is 0 Å². The molecule has 0 fully saturated rings. The Morgan fingerprint density at radius 3 is 2.64 bits per heavy atom. The van der Waals surface area contributed by atoms with Gasteiger partial charge in [0.25, 0.3) is 5.56 Å². The fourth-order valence-electron chi connectivity index (χ4n) is 4.40. The van der Waals surface area contributed by atoms with Gasteiger partial charge in [-0.15, -0.1) is 0 Å². The zero-order chi connectivity index (χ0) is 23.1. The third kappa shape index (κ3) is 3.58. The van der Waals surface area contributed by atoms with Gasteiger partial charge in [0.05, 0.1) is 0 Å². The maximum absolute atomic E-state index is 13.5. The van der Waals surface area contributed by atoms with Crippen LogP contribution in [0.3, 0.4) is 0 Å². The highest BCUT2D eigenvalue weighted by molar-refractivity contribution is 6.31. The van der Waals surface area contributed by atoms with E-state index in [9.17, 15) is 9.59 Å². The van der Waals surface area contributed by atoms with Gasteiger partial charge in [0.1, 0.15) is 0 Å². The molecular weight excluding hydrogens is 438 g/mol. The molecule has 2 aromatic carbocycles. The fraction of sp³-hybridized carbons (Fsp3) is 0.240. The molecule has 1 aliphatic heterocycles. The fourth-order valence-corrected chi connectivity index (χ4v) is 4.57. The van der Waals surface area contributed by atoms with Crippen LogP contribution in [0.2, 0.25) is 5.02 Å². The number of allylic oxidation sites excluding steroid dienone is 1. The number of benzene rings is 2. The molecule has 0 saturated carbocycles. The van der Waals surface area contributed by atoms with Crippen LogP contribution in [0.5, 0.6) is 0 Å². The molecular formula is C25H24ClN5O2. The van der Waals surface area contributed by atoms with Crippen molar-refractivity contribution in [1.82, 2.24) is 18.7 Å². The maximum atomic E-state index is 13.5. The number of aromatic nitrogens is 4. The van der Waals surface area contributed by atoms with Crippen molar-refractivity contribution >= 4 is 40.5 Å². The first-order valence-corrected chi connectivity index (χ1v) is 11.3. The van der Waals surface area contributed by atoms with E-state index in [1.165, 1.54) is 9.13 Å². The largest absolute Gasteiger partial charge is 0.332 e. The lowest BCUT2D eigenvalue weighted by atomic mass is 10.1. The molecule has 7 nitrogen and oxygen atoms in total. The molecule has 0 atom stereocenters. The third-order valence-corrected chi connectivity index (χ3v) is 6.55. The number of aryl methyl sites for hydroxylation is 2. The molecule has 0 N–H and O–H groups in total. The summed E-state index contributed by atoms with van der Waals surface area (Å²) in [5, 5.41) is 0.681. The Kier molecular flexibility index (Phi) is 5.42. The summed E-state index contributed by atoms with van der Waals surface area (Å²) in [5.41, 5.74) is 3.06. The molecule has 0 bridgehead atoms. The van der Waals surface area contributed by atoms with Gasteiger partial charge in [0.2, 0.25) is 5.95 Å². The van der Waals surface area contributed by atoms with Crippen molar-refractivity contribution in [2.75, 3.05) is 11.4 Å². The molecule has 2 aromatic heterocycles. The topological polar surface area (TPSA) is 65.1 Å². The number of nitrogens with zero attached hydrogens (tertiary/aromatic N) is 5. The minimum Gasteiger partial charge on any atom is -0.312 e. The molecule has 168 valence electrons. The molecule has 5 rings (SSSR count). The van der Waals surface area contributed by atoms with E-state index in [4.69, 9.17) is 16.6 Å². The number of halogens is 1. The molecule has 1 aliphatic rings. The van der Waals surface area contributed by atoms with Crippen LogP contribution < -0.4 is 16.1 Å². The third-order valence-electron chi connectivity index (χ3n) is 6.14. The molecule has 0 unspecified atom stereocenters. The summed E-state index contributed by atoms with van der Waals surface area (Å²) in [7, 11) is 1.66. The van der Waals surface area contributed by atoms with E-state index in [0.717, 1.165) is 29.8 Å². The van der Waals surface area contributed by atoms with Crippen molar-refractivity contribution in [3.63, 3.8) is 0 Å². The van der Waals surface area contributed by atoms with Crippen LogP contribution in [0.15, 0.2) is 64.2 Å². The van der Waals surface area contributed by atoms with E-state index in [1.807, 2.05) is 72.2 Å². The van der Waals surface area contributed by atoms with Gasteiger partial charge in [0, 0.05) is 37.4 Å². The van der Waals surface area contributed by atoms with Crippen LogP contribution in [0.4, 0.5) is 11.6 Å².